The maximum Gasteiger partial charge on any atom is 0.245 e. The second kappa shape index (κ2) is 12.8. The Bertz CT molecular complexity index is 1690. The molecule has 1 spiro atoms. The molecule has 0 unspecified atom stereocenters. The number of carbonyl (C=O) groups excluding carboxylic acids is 2. The van der Waals surface area contributed by atoms with Gasteiger partial charge in [-0.25, -0.2) is 4.98 Å². The number of morpholine rings is 1. The average molecular weight is 609 g/mol. The number of likely N-dealkylation sites (tertiary alicyclic amines) is 1. The first kappa shape index (κ1) is 30.4. The van der Waals surface area contributed by atoms with E-state index < -0.39 is 0 Å². The summed E-state index contributed by atoms with van der Waals surface area (Å²) in [5, 5.41) is 12.7. The monoisotopic (exact) mass is 608 g/mol. The molecule has 1 saturated carbocycles. The normalized spacial score (nSPS) is 17.2. The van der Waals surface area contributed by atoms with Crippen molar-refractivity contribution in [3.8, 4) is 34.0 Å². The largest absolute Gasteiger partial charge is 0.508 e. The van der Waals surface area contributed by atoms with Crippen LogP contribution in [0.4, 0.5) is 0 Å². The van der Waals surface area contributed by atoms with E-state index in [0.29, 0.717) is 25.7 Å². The molecule has 3 fully saturated rings. The molecule has 3 aliphatic rings. The first-order chi connectivity index (χ1) is 21.8. The SMILES string of the molecule is C=CC(=O)N1CC2(CC(c3nc(-c4ccc(OCC)cc4)c(-c4cc(O)cc5ccccc45)n3C)C2)C1.O=CN1CCOCC1. The number of hydrogen-bond donors (Lipinski definition) is 1. The van der Waals surface area contributed by atoms with Crippen molar-refractivity contribution in [2.24, 2.45) is 12.5 Å². The van der Waals surface area contributed by atoms with Gasteiger partial charge in [0, 0.05) is 55.7 Å². The van der Waals surface area contributed by atoms with E-state index in [-0.39, 0.29) is 17.1 Å². The van der Waals surface area contributed by atoms with Gasteiger partial charge in [0.05, 0.1) is 31.2 Å². The number of aromatic nitrogens is 2. The third kappa shape index (κ3) is 6.04. The van der Waals surface area contributed by atoms with Crippen LogP contribution in [0.1, 0.15) is 31.5 Å². The highest BCUT2D eigenvalue weighted by Gasteiger charge is 2.54. The van der Waals surface area contributed by atoms with Crippen LogP contribution in [0.2, 0.25) is 0 Å². The van der Waals surface area contributed by atoms with Crippen molar-refractivity contribution in [3.05, 3.63) is 79.1 Å². The van der Waals surface area contributed by atoms with Crippen molar-refractivity contribution >= 4 is 23.1 Å². The highest BCUT2D eigenvalue weighted by Crippen LogP contribution is 2.56. The van der Waals surface area contributed by atoms with Gasteiger partial charge in [0.2, 0.25) is 12.3 Å². The van der Waals surface area contributed by atoms with Gasteiger partial charge >= 0.3 is 0 Å². The molecule has 2 saturated heterocycles. The molecule has 9 nitrogen and oxygen atoms in total. The van der Waals surface area contributed by atoms with Crippen molar-refractivity contribution < 1.29 is 24.2 Å². The zero-order valence-corrected chi connectivity index (χ0v) is 25.9. The first-order valence-corrected chi connectivity index (χ1v) is 15.5. The van der Waals surface area contributed by atoms with Gasteiger partial charge in [-0.3, -0.25) is 9.59 Å². The number of phenolic OH excluding ortho intramolecular Hbond substituents is 1. The zero-order valence-electron chi connectivity index (χ0n) is 25.9. The number of benzene rings is 3. The van der Waals surface area contributed by atoms with Crippen LogP contribution in [-0.4, -0.2) is 82.8 Å². The Labute approximate surface area is 263 Å². The summed E-state index contributed by atoms with van der Waals surface area (Å²) in [5.74, 6) is 2.45. The van der Waals surface area contributed by atoms with Crippen LogP contribution in [0.5, 0.6) is 11.5 Å². The summed E-state index contributed by atoms with van der Waals surface area (Å²) >= 11 is 0. The molecule has 1 N–H and O–H groups in total. The van der Waals surface area contributed by atoms with E-state index in [0.717, 1.165) is 90.3 Å². The molecule has 2 amide bonds. The summed E-state index contributed by atoms with van der Waals surface area (Å²) in [6.07, 6.45) is 4.29. The number of imidazole rings is 1. The van der Waals surface area contributed by atoms with Crippen molar-refractivity contribution in [2.45, 2.75) is 25.7 Å². The number of phenols is 1. The third-order valence-electron chi connectivity index (χ3n) is 9.13. The number of rotatable bonds is 7. The van der Waals surface area contributed by atoms with E-state index in [9.17, 15) is 14.7 Å². The quantitative estimate of drug-likeness (QED) is 0.224. The van der Waals surface area contributed by atoms with Gasteiger partial charge in [0.1, 0.15) is 17.3 Å². The van der Waals surface area contributed by atoms with Crippen molar-refractivity contribution in [2.75, 3.05) is 46.0 Å². The fraction of sp³-hybridized carbons (Fsp3) is 0.361. The molecule has 45 heavy (non-hydrogen) atoms. The second-order valence-corrected chi connectivity index (χ2v) is 12.2. The van der Waals surface area contributed by atoms with Crippen molar-refractivity contribution in [1.82, 2.24) is 19.4 Å². The van der Waals surface area contributed by atoms with Crippen LogP contribution in [0.3, 0.4) is 0 Å². The summed E-state index contributed by atoms with van der Waals surface area (Å²) in [7, 11) is 2.08. The second-order valence-electron chi connectivity index (χ2n) is 12.2. The van der Waals surface area contributed by atoms with E-state index in [2.05, 4.69) is 36.4 Å². The number of nitrogens with zero attached hydrogens (tertiary/aromatic N) is 4. The first-order valence-electron chi connectivity index (χ1n) is 15.5. The maximum absolute atomic E-state index is 12.0. The molecule has 7 rings (SSSR count). The summed E-state index contributed by atoms with van der Waals surface area (Å²) in [6.45, 7) is 10.7. The van der Waals surface area contributed by atoms with Crippen LogP contribution >= 0.6 is 0 Å². The standard InChI is InChI=1S/C31H31N3O3.C5H9NO2/c1-4-27(36)34-18-31(19-34)16-22(17-31)30-32-28(20-10-12-24(13-11-20)37-5-2)29(33(30)3)26-15-23(35)14-21-8-6-7-9-25(21)26;7-5-6-1-3-8-4-2-6/h4,6-15,22,35H,1,5,16-19H2,2-3H3;5H,1-4H2. The summed E-state index contributed by atoms with van der Waals surface area (Å²) in [6, 6.07) is 19.8. The van der Waals surface area contributed by atoms with Gasteiger partial charge in [0.15, 0.2) is 0 Å². The molecule has 0 bridgehead atoms. The molecule has 2 aliphatic heterocycles. The van der Waals surface area contributed by atoms with Gasteiger partial charge in [-0.05, 0) is 73.0 Å². The van der Waals surface area contributed by atoms with Gasteiger partial charge in [-0.1, -0.05) is 30.8 Å². The van der Waals surface area contributed by atoms with Crippen molar-refractivity contribution in [3.63, 3.8) is 0 Å². The highest BCUT2D eigenvalue weighted by atomic mass is 16.5. The summed E-state index contributed by atoms with van der Waals surface area (Å²) in [5.41, 5.74) is 4.06. The summed E-state index contributed by atoms with van der Waals surface area (Å²) < 4.78 is 12.9. The molecule has 3 aromatic carbocycles. The minimum atomic E-state index is 0.0157. The number of hydrogen-bond acceptors (Lipinski definition) is 6. The Hall–Kier alpha value is -4.63. The minimum Gasteiger partial charge on any atom is -0.508 e. The number of fused-ring (bicyclic) bond motifs is 1. The average Bonchev–Trinajstić information content (AvgIpc) is 3.36. The van der Waals surface area contributed by atoms with Crippen LogP contribution in [0.25, 0.3) is 33.3 Å². The summed E-state index contributed by atoms with van der Waals surface area (Å²) in [4.78, 5) is 30.8. The predicted molar refractivity (Wildman–Crippen MR) is 174 cm³/mol. The molecule has 0 atom stereocenters. The molecule has 4 aromatic rings. The Balaban J connectivity index is 0.000000390. The Morgan fingerprint density at radius 1 is 1.11 bits per heavy atom. The molecule has 1 aromatic heterocycles. The number of amides is 2. The van der Waals surface area contributed by atoms with Crippen LogP contribution in [0.15, 0.2) is 73.3 Å². The topological polar surface area (TPSA) is 97.1 Å². The molecule has 1 aliphatic carbocycles. The van der Waals surface area contributed by atoms with E-state index in [1.165, 1.54) is 6.08 Å². The van der Waals surface area contributed by atoms with Crippen molar-refractivity contribution in [1.29, 1.82) is 0 Å². The predicted octanol–water partition coefficient (Wildman–Crippen LogP) is 5.38. The van der Waals surface area contributed by atoms with Crippen LogP contribution < -0.4 is 4.74 Å². The highest BCUT2D eigenvalue weighted by molar-refractivity contribution is 6.00. The van der Waals surface area contributed by atoms with E-state index in [4.69, 9.17) is 14.5 Å². The molecule has 3 heterocycles. The van der Waals surface area contributed by atoms with Gasteiger partial charge in [-0.15, -0.1) is 0 Å². The fourth-order valence-corrected chi connectivity index (χ4v) is 6.91. The molecular formula is C36H40N4O5. The number of ether oxygens (including phenoxy) is 2. The fourth-order valence-electron chi connectivity index (χ4n) is 6.91. The Kier molecular flexibility index (Phi) is 8.63. The number of carbonyl (C=O) groups is 2. The van der Waals surface area contributed by atoms with Crippen LogP contribution in [-0.2, 0) is 21.4 Å². The Morgan fingerprint density at radius 2 is 1.82 bits per heavy atom. The maximum atomic E-state index is 12.0. The van der Waals surface area contributed by atoms with Gasteiger partial charge < -0.3 is 28.9 Å². The number of aromatic hydroxyl groups is 1. The molecular weight excluding hydrogens is 568 g/mol. The smallest absolute Gasteiger partial charge is 0.245 e. The van der Waals surface area contributed by atoms with E-state index in [1.807, 2.05) is 48.2 Å². The van der Waals surface area contributed by atoms with Gasteiger partial charge in [0.25, 0.3) is 0 Å². The van der Waals surface area contributed by atoms with E-state index >= 15 is 0 Å². The molecule has 234 valence electrons. The zero-order chi connectivity index (χ0) is 31.6. The lowest BCUT2D eigenvalue weighted by atomic mass is 9.57. The lowest BCUT2D eigenvalue weighted by Gasteiger charge is -2.58. The van der Waals surface area contributed by atoms with Gasteiger partial charge in [-0.2, -0.15) is 0 Å². The Morgan fingerprint density at radius 3 is 2.47 bits per heavy atom. The van der Waals surface area contributed by atoms with E-state index in [1.54, 1.807) is 11.0 Å². The minimum absolute atomic E-state index is 0.0157. The molecule has 9 heteroatoms. The lowest BCUT2D eigenvalue weighted by Crippen LogP contribution is -2.63. The van der Waals surface area contributed by atoms with Crippen LogP contribution in [0, 0.1) is 5.41 Å². The lowest BCUT2D eigenvalue weighted by molar-refractivity contribution is -0.146. The molecule has 0 radical (unpaired) electrons. The third-order valence-corrected chi connectivity index (χ3v) is 9.13.